The molecule has 2 atom stereocenters. The van der Waals surface area contributed by atoms with Gasteiger partial charge in [-0.25, -0.2) is 0 Å². The lowest BCUT2D eigenvalue weighted by Gasteiger charge is -2.45. The number of halogens is 1. The quantitative estimate of drug-likeness (QED) is 0.573. The summed E-state index contributed by atoms with van der Waals surface area (Å²) in [5.74, 6) is 1.06. The fourth-order valence-electron chi connectivity index (χ4n) is 5.05. The minimum absolute atomic E-state index is 0.00103. The third-order valence-electron chi connectivity index (χ3n) is 6.88. The summed E-state index contributed by atoms with van der Waals surface area (Å²) >= 11 is 6.07. The minimum Gasteiger partial charge on any atom is -0.501 e. The molecule has 3 rings (SSSR count). The zero-order valence-corrected chi connectivity index (χ0v) is 21.2. The first-order valence-corrected chi connectivity index (χ1v) is 12.3. The number of likely N-dealkylation sites (tertiary alicyclic amines) is 1. The average molecular weight is 473 g/mol. The van der Waals surface area contributed by atoms with E-state index >= 15 is 0 Å². The van der Waals surface area contributed by atoms with Crippen molar-refractivity contribution in [2.24, 2.45) is 11.3 Å². The molecule has 1 N–H and O–H groups in total. The van der Waals surface area contributed by atoms with Gasteiger partial charge >= 0.3 is 0 Å². The van der Waals surface area contributed by atoms with Crippen molar-refractivity contribution in [1.29, 1.82) is 0 Å². The van der Waals surface area contributed by atoms with Crippen LogP contribution in [0.25, 0.3) is 0 Å². The SMILES string of the molecule is COC1=C(CC(=O)N[C@@H](C(=O)N2CC[C@H](c3ccc(Cl)cc3)C(C)(C)C2)C(C)C)C=CCC1. The van der Waals surface area contributed by atoms with Gasteiger partial charge in [0.25, 0.3) is 0 Å². The van der Waals surface area contributed by atoms with Crippen LogP contribution in [0.5, 0.6) is 0 Å². The number of ether oxygens (including phenoxy) is 1. The van der Waals surface area contributed by atoms with Crippen LogP contribution in [0.1, 0.15) is 64.9 Å². The maximum Gasteiger partial charge on any atom is 0.245 e. The van der Waals surface area contributed by atoms with Crippen LogP contribution in [0.15, 0.2) is 47.7 Å². The highest BCUT2D eigenvalue weighted by Crippen LogP contribution is 2.42. The number of carbonyl (C=O) groups excluding carboxylic acids is 2. The maximum absolute atomic E-state index is 13.5. The van der Waals surface area contributed by atoms with Crippen molar-refractivity contribution < 1.29 is 14.3 Å². The van der Waals surface area contributed by atoms with Gasteiger partial charge in [0, 0.05) is 24.5 Å². The van der Waals surface area contributed by atoms with Gasteiger partial charge in [0.1, 0.15) is 6.04 Å². The number of carbonyl (C=O) groups is 2. The van der Waals surface area contributed by atoms with E-state index in [9.17, 15) is 9.59 Å². The number of piperidine rings is 1. The van der Waals surface area contributed by atoms with Crippen molar-refractivity contribution in [3.8, 4) is 0 Å². The monoisotopic (exact) mass is 472 g/mol. The van der Waals surface area contributed by atoms with E-state index < -0.39 is 6.04 Å². The van der Waals surface area contributed by atoms with Crippen molar-refractivity contribution in [3.63, 3.8) is 0 Å². The van der Waals surface area contributed by atoms with Gasteiger partial charge in [0.15, 0.2) is 0 Å². The molecule has 5 nitrogen and oxygen atoms in total. The summed E-state index contributed by atoms with van der Waals surface area (Å²) < 4.78 is 5.44. The smallest absolute Gasteiger partial charge is 0.245 e. The van der Waals surface area contributed by atoms with Crippen molar-refractivity contribution in [2.45, 2.75) is 65.3 Å². The fraction of sp³-hybridized carbons (Fsp3) is 0.556. The second kappa shape index (κ2) is 10.8. The Morgan fingerprint density at radius 1 is 1.24 bits per heavy atom. The fourth-order valence-corrected chi connectivity index (χ4v) is 5.18. The summed E-state index contributed by atoms with van der Waals surface area (Å²) in [7, 11) is 1.64. The first-order valence-electron chi connectivity index (χ1n) is 11.9. The van der Waals surface area contributed by atoms with Crippen molar-refractivity contribution >= 4 is 23.4 Å². The average Bonchev–Trinajstić information content (AvgIpc) is 2.77. The molecule has 33 heavy (non-hydrogen) atoms. The predicted octanol–water partition coefficient (Wildman–Crippen LogP) is 5.46. The first-order chi connectivity index (χ1) is 15.6. The summed E-state index contributed by atoms with van der Waals surface area (Å²) in [6, 6.07) is 7.50. The third kappa shape index (κ3) is 6.20. The molecule has 1 heterocycles. The molecule has 1 aliphatic carbocycles. The number of nitrogens with one attached hydrogen (secondary N) is 1. The van der Waals surface area contributed by atoms with Gasteiger partial charge in [0.05, 0.1) is 19.3 Å². The summed E-state index contributed by atoms with van der Waals surface area (Å²) in [4.78, 5) is 28.3. The molecule has 0 radical (unpaired) electrons. The van der Waals surface area contributed by atoms with Crippen LogP contribution >= 0.6 is 11.6 Å². The highest BCUT2D eigenvalue weighted by atomic mass is 35.5. The van der Waals surface area contributed by atoms with E-state index in [1.54, 1.807) is 7.11 Å². The number of allylic oxidation sites excluding steroid dienone is 3. The Labute approximate surface area is 203 Å². The molecule has 0 spiro atoms. The van der Waals surface area contributed by atoms with Gasteiger partial charge in [-0.1, -0.05) is 63.6 Å². The molecule has 6 heteroatoms. The van der Waals surface area contributed by atoms with E-state index in [2.05, 4.69) is 37.4 Å². The van der Waals surface area contributed by atoms with Crippen LogP contribution in [0.2, 0.25) is 5.02 Å². The van der Waals surface area contributed by atoms with E-state index in [0.29, 0.717) is 19.0 Å². The first kappa shape index (κ1) is 25.4. The Kier molecular flexibility index (Phi) is 8.28. The Morgan fingerprint density at radius 2 is 1.94 bits per heavy atom. The zero-order valence-electron chi connectivity index (χ0n) is 20.5. The van der Waals surface area contributed by atoms with Crippen LogP contribution in [0, 0.1) is 11.3 Å². The second-order valence-electron chi connectivity index (χ2n) is 10.2. The number of hydrogen-bond donors (Lipinski definition) is 1. The molecule has 180 valence electrons. The molecule has 2 amide bonds. The van der Waals surface area contributed by atoms with E-state index in [1.165, 1.54) is 5.56 Å². The largest absolute Gasteiger partial charge is 0.501 e. The summed E-state index contributed by atoms with van der Waals surface area (Å²) in [5, 5.41) is 3.75. The molecule has 0 unspecified atom stereocenters. The van der Waals surface area contributed by atoms with Crippen LogP contribution in [0.3, 0.4) is 0 Å². The van der Waals surface area contributed by atoms with Gasteiger partial charge in [-0.05, 0) is 53.4 Å². The van der Waals surface area contributed by atoms with Gasteiger partial charge < -0.3 is 15.0 Å². The highest BCUT2D eigenvalue weighted by Gasteiger charge is 2.40. The van der Waals surface area contributed by atoms with Crippen LogP contribution in [0.4, 0.5) is 0 Å². The number of nitrogens with zero attached hydrogens (tertiary/aromatic N) is 1. The molecule has 1 aliphatic heterocycles. The van der Waals surface area contributed by atoms with E-state index in [4.69, 9.17) is 16.3 Å². The molecular formula is C27H37ClN2O3. The molecule has 1 fully saturated rings. The number of methoxy groups -OCH3 is 1. The molecule has 1 aromatic carbocycles. The van der Waals surface area contributed by atoms with E-state index in [0.717, 1.165) is 35.6 Å². The van der Waals surface area contributed by atoms with Gasteiger partial charge in [-0.3, -0.25) is 9.59 Å². The zero-order chi connectivity index (χ0) is 24.2. The van der Waals surface area contributed by atoms with E-state index in [1.807, 2.05) is 37.0 Å². The van der Waals surface area contributed by atoms with Crippen LogP contribution < -0.4 is 5.32 Å². The Morgan fingerprint density at radius 3 is 2.55 bits per heavy atom. The van der Waals surface area contributed by atoms with E-state index in [-0.39, 0.29) is 29.6 Å². The third-order valence-corrected chi connectivity index (χ3v) is 7.13. The maximum atomic E-state index is 13.5. The molecule has 1 saturated heterocycles. The topological polar surface area (TPSA) is 58.6 Å². The second-order valence-corrected chi connectivity index (χ2v) is 10.6. The predicted molar refractivity (Wildman–Crippen MR) is 133 cm³/mol. The summed E-state index contributed by atoms with van der Waals surface area (Å²) in [5.41, 5.74) is 2.06. The molecule has 1 aromatic rings. The summed E-state index contributed by atoms with van der Waals surface area (Å²) in [6.07, 6.45) is 6.85. The number of rotatable bonds is 7. The normalized spacial score (nSPS) is 21.2. The summed E-state index contributed by atoms with van der Waals surface area (Å²) in [6.45, 7) is 9.71. The van der Waals surface area contributed by atoms with Crippen LogP contribution in [-0.2, 0) is 14.3 Å². The molecule has 0 bridgehead atoms. The van der Waals surface area contributed by atoms with Crippen LogP contribution in [-0.4, -0.2) is 43.0 Å². The van der Waals surface area contributed by atoms with Crippen molar-refractivity contribution in [1.82, 2.24) is 10.2 Å². The van der Waals surface area contributed by atoms with Crippen molar-refractivity contribution in [3.05, 3.63) is 58.3 Å². The minimum atomic E-state index is -0.542. The molecule has 0 aromatic heterocycles. The highest BCUT2D eigenvalue weighted by molar-refractivity contribution is 6.30. The Hall–Kier alpha value is -2.27. The van der Waals surface area contributed by atoms with Gasteiger partial charge in [-0.15, -0.1) is 0 Å². The lowest BCUT2D eigenvalue weighted by atomic mass is 9.70. The Bertz CT molecular complexity index is 918. The molecule has 0 saturated carbocycles. The standard InChI is InChI=1S/C27H37ClN2O3/c1-18(2)25(29-24(31)16-20-8-6-7-9-23(20)33-5)26(32)30-15-14-22(27(3,4)17-30)19-10-12-21(28)13-11-19/h6,8,10-13,18,22,25H,7,9,14-17H2,1-5H3,(H,29,31)/t22-,25-/m1/s1. The molecular weight excluding hydrogens is 436 g/mol. The number of amides is 2. The van der Waals surface area contributed by atoms with Gasteiger partial charge in [0.2, 0.25) is 11.8 Å². The lowest BCUT2D eigenvalue weighted by molar-refractivity contribution is -0.140. The lowest BCUT2D eigenvalue weighted by Crippen LogP contribution is -2.55. The number of hydrogen-bond acceptors (Lipinski definition) is 3. The number of benzene rings is 1. The Balaban J connectivity index is 1.67. The van der Waals surface area contributed by atoms with Crippen molar-refractivity contribution in [2.75, 3.05) is 20.2 Å². The molecule has 2 aliphatic rings. The van der Waals surface area contributed by atoms with Gasteiger partial charge in [-0.2, -0.15) is 0 Å².